The predicted octanol–water partition coefficient (Wildman–Crippen LogP) is 4.57. The topological polar surface area (TPSA) is 57.7 Å². The smallest absolute Gasteiger partial charge is 0.243 e. The van der Waals surface area contributed by atoms with Crippen molar-refractivity contribution in [3.8, 4) is 0 Å². The minimum Gasteiger partial charge on any atom is -0.312 e. The van der Waals surface area contributed by atoms with Crippen LogP contribution in [0.4, 0.5) is 14.5 Å². The molecule has 32 heavy (non-hydrogen) atoms. The van der Waals surface area contributed by atoms with E-state index in [1.807, 2.05) is 49.4 Å². The van der Waals surface area contributed by atoms with Gasteiger partial charge in [-0.3, -0.25) is 4.79 Å². The molecule has 4 rings (SSSR count). The molecule has 1 fully saturated rings. The number of hydrogen-bond donors (Lipinski definition) is 0. The zero-order chi connectivity index (χ0) is 22.9. The van der Waals surface area contributed by atoms with Crippen LogP contribution in [0, 0.1) is 17.6 Å². The van der Waals surface area contributed by atoms with Crippen molar-refractivity contribution in [3.63, 3.8) is 0 Å². The first-order chi connectivity index (χ1) is 15.3. The average molecular weight is 459 g/mol. The number of hydrogen-bond acceptors (Lipinski definition) is 3. The van der Waals surface area contributed by atoms with Crippen LogP contribution in [0.15, 0.2) is 65.6 Å². The van der Waals surface area contributed by atoms with Crippen LogP contribution in [0.1, 0.15) is 19.8 Å². The normalized spacial score (nSPS) is 15.7. The van der Waals surface area contributed by atoms with Crippen LogP contribution in [-0.4, -0.2) is 38.3 Å². The van der Waals surface area contributed by atoms with E-state index in [9.17, 15) is 22.0 Å². The maximum Gasteiger partial charge on any atom is 0.243 e. The third-order valence-corrected chi connectivity index (χ3v) is 7.87. The summed E-state index contributed by atoms with van der Waals surface area (Å²) in [4.78, 5) is 14.8. The van der Waals surface area contributed by atoms with E-state index in [1.54, 1.807) is 4.90 Å². The average Bonchev–Trinajstić information content (AvgIpc) is 2.81. The van der Waals surface area contributed by atoms with Crippen LogP contribution in [-0.2, 0) is 14.8 Å². The van der Waals surface area contributed by atoms with Gasteiger partial charge >= 0.3 is 0 Å². The van der Waals surface area contributed by atoms with E-state index in [0.717, 1.165) is 28.6 Å². The lowest BCUT2D eigenvalue weighted by molar-refractivity contribution is -0.123. The summed E-state index contributed by atoms with van der Waals surface area (Å²) in [6.45, 7) is 2.71. The van der Waals surface area contributed by atoms with E-state index >= 15 is 0 Å². The summed E-state index contributed by atoms with van der Waals surface area (Å²) in [7, 11) is -3.96. The SMILES string of the molecule is CCN(C(=O)C1CCN(S(=O)(=O)c2ccc(F)c(F)c2)CC1)c1cccc2ccccc12. The van der Waals surface area contributed by atoms with Crippen molar-refractivity contribution < 1.29 is 22.0 Å². The highest BCUT2D eigenvalue weighted by Gasteiger charge is 2.34. The second-order valence-corrected chi connectivity index (χ2v) is 9.77. The van der Waals surface area contributed by atoms with Crippen LogP contribution in [0.25, 0.3) is 10.8 Å². The molecule has 3 aromatic rings. The number of sulfonamides is 1. The van der Waals surface area contributed by atoms with Crippen molar-refractivity contribution in [3.05, 3.63) is 72.3 Å². The first kappa shape index (κ1) is 22.4. The van der Waals surface area contributed by atoms with Gasteiger partial charge in [0, 0.05) is 30.9 Å². The molecule has 1 heterocycles. The maximum absolute atomic E-state index is 13.5. The number of piperidine rings is 1. The van der Waals surface area contributed by atoms with E-state index in [-0.39, 0.29) is 29.8 Å². The monoisotopic (exact) mass is 458 g/mol. The lowest BCUT2D eigenvalue weighted by atomic mass is 9.95. The van der Waals surface area contributed by atoms with E-state index in [2.05, 4.69) is 0 Å². The zero-order valence-electron chi connectivity index (χ0n) is 17.7. The lowest BCUT2D eigenvalue weighted by Crippen LogP contribution is -2.44. The van der Waals surface area contributed by atoms with Crippen molar-refractivity contribution in [2.75, 3.05) is 24.5 Å². The van der Waals surface area contributed by atoms with Gasteiger partial charge in [0.15, 0.2) is 11.6 Å². The van der Waals surface area contributed by atoms with E-state index in [4.69, 9.17) is 0 Å². The van der Waals surface area contributed by atoms with Crippen LogP contribution >= 0.6 is 0 Å². The van der Waals surface area contributed by atoms with Crippen LogP contribution in [0.2, 0.25) is 0 Å². The minimum atomic E-state index is -3.96. The Labute approximate surface area is 186 Å². The molecule has 1 aliphatic rings. The summed E-state index contributed by atoms with van der Waals surface area (Å²) in [5.41, 5.74) is 0.840. The largest absolute Gasteiger partial charge is 0.312 e. The van der Waals surface area contributed by atoms with Crippen molar-refractivity contribution >= 4 is 32.4 Å². The molecule has 0 aliphatic carbocycles. The summed E-state index contributed by atoms with van der Waals surface area (Å²) >= 11 is 0. The van der Waals surface area contributed by atoms with Crippen molar-refractivity contribution in [2.24, 2.45) is 5.92 Å². The Morgan fingerprint density at radius 1 is 1.00 bits per heavy atom. The molecule has 0 bridgehead atoms. The summed E-state index contributed by atoms with van der Waals surface area (Å²) in [6.07, 6.45) is 0.728. The number of amides is 1. The van der Waals surface area contributed by atoms with E-state index < -0.39 is 21.7 Å². The Kier molecular flexibility index (Phi) is 6.26. The number of benzene rings is 3. The molecular formula is C24H24F2N2O3S. The molecule has 0 spiro atoms. The quantitative estimate of drug-likeness (QED) is 0.563. The highest BCUT2D eigenvalue weighted by Crippen LogP contribution is 2.31. The first-order valence-electron chi connectivity index (χ1n) is 10.6. The predicted molar refractivity (Wildman–Crippen MR) is 120 cm³/mol. The number of anilines is 1. The summed E-state index contributed by atoms with van der Waals surface area (Å²) in [6, 6.07) is 16.3. The van der Waals surface area contributed by atoms with E-state index in [1.165, 1.54) is 4.31 Å². The van der Waals surface area contributed by atoms with Crippen molar-refractivity contribution in [1.82, 2.24) is 4.31 Å². The van der Waals surface area contributed by atoms with Crippen molar-refractivity contribution in [1.29, 1.82) is 0 Å². The molecule has 3 aromatic carbocycles. The van der Waals surface area contributed by atoms with E-state index in [0.29, 0.717) is 25.5 Å². The van der Waals surface area contributed by atoms with Gasteiger partial charge in [0.1, 0.15) is 0 Å². The standard InChI is InChI=1S/C24H24F2N2O3S/c1-2-28(23-9-5-7-17-6-3-4-8-20(17)23)24(29)18-12-14-27(15-13-18)32(30,31)19-10-11-21(25)22(26)16-19/h3-11,16,18H,2,12-15H2,1H3. The van der Waals surface area contributed by atoms with Crippen LogP contribution < -0.4 is 4.90 Å². The molecule has 1 aliphatic heterocycles. The van der Waals surface area contributed by atoms with Gasteiger partial charge in [0.25, 0.3) is 0 Å². The molecule has 0 atom stereocenters. The lowest BCUT2D eigenvalue weighted by Gasteiger charge is -2.33. The molecule has 0 aromatic heterocycles. The second-order valence-electron chi connectivity index (χ2n) is 7.84. The molecule has 0 saturated carbocycles. The Morgan fingerprint density at radius 2 is 1.69 bits per heavy atom. The molecule has 1 saturated heterocycles. The first-order valence-corrected chi connectivity index (χ1v) is 12.0. The fourth-order valence-electron chi connectivity index (χ4n) is 4.24. The van der Waals surface area contributed by atoms with Gasteiger partial charge in [0.2, 0.25) is 15.9 Å². The number of rotatable bonds is 5. The van der Waals surface area contributed by atoms with Gasteiger partial charge in [-0.25, -0.2) is 17.2 Å². The molecule has 0 radical (unpaired) electrons. The number of fused-ring (bicyclic) bond motifs is 1. The zero-order valence-corrected chi connectivity index (χ0v) is 18.5. The highest BCUT2D eigenvalue weighted by atomic mass is 32.2. The molecule has 168 valence electrons. The second kappa shape index (κ2) is 8.96. The summed E-state index contributed by atoms with van der Waals surface area (Å²) < 4.78 is 53.6. The number of halogens is 2. The number of carbonyl (C=O) groups excluding carboxylic acids is 1. The summed E-state index contributed by atoms with van der Waals surface area (Å²) in [5, 5.41) is 2.03. The Bertz CT molecular complexity index is 1250. The molecule has 8 heteroatoms. The summed E-state index contributed by atoms with van der Waals surface area (Å²) in [5.74, 6) is -2.65. The van der Waals surface area contributed by atoms with Gasteiger partial charge in [-0.2, -0.15) is 4.31 Å². The van der Waals surface area contributed by atoms with Crippen molar-refractivity contribution in [2.45, 2.75) is 24.7 Å². The maximum atomic E-state index is 13.5. The van der Waals surface area contributed by atoms with Gasteiger partial charge in [-0.1, -0.05) is 36.4 Å². The Balaban J connectivity index is 1.50. The highest BCUT2D eigenvalue weighted by molar-refractivity contribution is 7.89. The third-order valence-electron chi connectivity index (χ3n) is 5.97. The molecule has 5 nitrogen and oxygen atoms in total. The number of carbonyl (C=O) groups is 1. The number of nitrogens with zero attached hydrogens (tertiary/aromatic N) is 2. The molecule has 1 amide bonds. The van der Waals surface area contributed by atoms with Crippen LogP contribution in [0.5, 0.6) is 0 Å². The van der Waals surface area contributed by atoms with Gasteiger partial charge in [-0.05, 0) is 49.4 Å². The third kappa shape index (κ3) is 4.12. The van der Waals surface area contributed by atoms with Crippen LogP contribution in [0.3, 0.4) is 0 Å². The van der Waals surface area contributed by atoms with Gasteiger partial charge in [0.05, 0.1) is 10.6 Å². The minimum absolute atomic E-state index is 0.0336. The molecule has 0 N–H and O–H groups in total. The van der Waals surface area contributed by atoms with Gasteiger partial charge < -0.3 is 4.90 Å². The molecule has 0 unspecified atom stereocenters. The fourth-order valence-corrected chi connectivity index (χ4v) is 5.72. The Morgan fingerprint density at radius 3 is 2.38 bits per heavy atom. The molecular weight excluding hydrogens is 434 g/mol. The fraction of sp³-hybridized carbons (Fsp3) is 0.292. The van der Waals surface area contributed by atoms with Gasteiger partial charge in [-0.15, -0.1) is 0 Å². The Hall–Kier alpha value is -2.84.